The molecule has 0 aliphatic heterocycles. The molecule has 1 rings (SSSR count). The highest BCUT2D eigenvalue weighted by Crippen LogP contribution is 2.36. The largest absolute Gasteiger partial charge is 0.466 e. The molecule has 0 fully saturated rings. The second-order valence-electron chi connectivity index (χ2n) is 4.92. The summed E-state index contributed by atoms with van der Waals surface area (Å²) in [6.45, 7) is 6.00. The summed E-state index contributed by atoms with van der Waals surface area (Å²) in [7, 11) is 0. The van der Waals surface area contributed by atoms with E-state index < -0.39 is 5.92 Å². The third kappa shape index (κ3) is 5.16. The molecule has 1 atom stereocenters. The van der Waals surface area contributed by atoms with Crippen LogP contribution in [-0.2, 0) is 23.9 Å². The average Bonchev–Trinajstić information content (AvgIpc) is 2.48. The fourth-order valence-electron chi connectivity index (χ4n) is 2.45. The van der Waals surface area contributed by atoms with Gasteiger partial charge in [0, 0.05) is 12.0 Å². The first kappa shape index (κ1) is 18.7. The molecule has 0 spiro atoms. The van der Waals surface area contributed by atoms with Crippen LogP contribution >= 0.6 is 11.8 Å². The highest BCUT2D eigenvalue weighted by atomic mass is 32.2. The van der Waals surface area contributed by atoms with Gasteiger partial charge in [0.25, 0.3) is 0 Å². The smallest absolute Gasteiger partial charge is 0.316 e. The Morgan fingerprint density at radius 3 is 2.41 bits per heavy atom. The molecule has 0 N–H and O–H groups in total. The molecule has 1 aliphatic rings. The normalized spacial score (nSPS) is 16.4. The second kappa shape index (κ2) is 9.66. The maximum absolute atomic E-state index is 12.3. The Morgan fingerprint density at radius 1 is 1.14 bits per heavy atom. The first-order valence-electron chi connectivity index (χ1n) is 7.76. The van der Waals surface area contributed by atoms with Crippen molar-refractivity contribution < 1.29 is 23.9 Å². The predicted molar refractivity (Wildman–Crippen MR) is 85.4 cm³/mol. The van der Waals surface area contributed by atoms with Crippen LogP contribution in [0.1, 0.15) is 46.5 Å². The number of esters is 2. The molecular weight excluding hydrogens is 304 g/mol. The lowest BCUT2D eigenvalue weighted by atomic mass is 9.86. The zero-order valence-electron chi connectivity index (χ0n) is 13.5. The first-order chi connectivity index (χ1) is 10.5. The van der Waals surface area contributed by atoms with Crippen molar-refractivity contribution >= 4 is 29.5 Å². The summed E-state index contributed by atoms with van der Waals surface area (Å²) in [5.41, 5.74) is 0.543. The minimum absolute atomic E-state index is 0.00230. The van der Waals surface area contributed by atoms with Gasteiger partial charge < -0.3 is 9.47 Å². The van der Waals surface area contributed by atoms with E-state index in [1.54, 1.807) is 13.8 Å². The summed E-state index contributed by atoms with van der Waals surface area (Å²) in [4.78, 5) is 36.7. The van der Waals surface area contributed by atoms with Gasteiger partial charge in [0.15, 0.2) is 5.78 Å². The Kier molecular flexibility index (Phi) is 8.24. The van der Waals surface area contributed by atoms with E-state index in [0.717, 1.165) is 17.7 Å². The minimum atomic E-state index is -0.530. The molecule has 1 unspecified atom stereocenters. The number of thioether (sulfide) groups is 1. The SMILES string of the molecule is CCOC(=O)CSC1=C(C(CC)C(=O)OCC)C(=O)CCC1. The van der Waals surface area contributed by atoms with Gasteiger partial charge in [-0.2, -0.15) is 0 Å². The van der Waals surface area contributed by atoms with Crippen LogP contribution in [-0.4, -0.2) is 36.7 Å². The molecule has 22 heavy (non-hydrogen) atoms. The number of carbonyl (C=O) groups excluding carboxylic acids is 3. The molecule has 0 heterocycles. The van der Waals surface area contributed by atoms with Crippen molar-refractivity contribution in [1.29, 1.82) is 0 Å². The van der Waals surface area contributed by atoms with Crippen LogP contribution in [0, 0.1) is 5.92 Å². The lowest BCUT2D eigenvalue weighted by molar-refractivity contribution is -0.147. The minimum Gasteiger partial charge on any atom is -0.466 e. The van der Waals surface area contributed by atoms with E-state index in [9.17, 15) is 14.4 Å². The number of ether oxygens (including phenoxy) is 2. The molecule has 0 aromatic heterocycles. The molecule has 1 aliphatic carbocycles. The molecule has 6 heteroatoms. The molecule has 5 nitrogen and oxygen atoms in total. The van der Waals surface area contributed by atoms with Crippen LogP contribution in [0.5, 0.6) is 0 Å². The lowest BCUT2D eigenvalue weighted by Gasteiger charge is -2.24. The molecule has 0 aromatic carbocycles. The highest BCUT2D eigenvalue weighted by Gasteiger charge is 2.32. The van der Waals surface area contributed by atoms with Crippen molar-refractivity contribution in [2.24, 2.45) is 5.92 Å². The number of hydrogen-bond donors (Lipinski definition) is 0. The predicted octanol–water partition coefficient (Wildman–Crippen LogP) is 2.88. The zero-order chi connectivity index (χ0) is 16.5. The van der Waals surface area contributed by atoms with Gasteiger partial charge in [0.2, 0.25) is 0 Å². The van der Waals surface area contributed by atoms with Gasteiger partial charge in [-0.1, -0.05) is 6.92 Å². The molecular formula is C16H24O5S. The number of hydrogen-bond acceptors (Lipinski definition) is 6. The Hall–Kier alpha value is -1.30. The van der Waals surface area contributed by atoms with E-state index in [4.69, 9.17) is 9.47 Å². The fraction of sp³-hybridized carbons (Fsp3) is 0.688. The van der Waals surface area contributed by atoms with Gasteiger partial charge in [-0.25, -0.2) is 0 Å². The van der Waals surface area contributed by atoms with Crippen molar-refractivity contribution in [1.82, 2.24) is 0 Å². The number of rotatable bonds is 8. The molecule has 0 aromatic rings. The van der Waals surface area contributed by atoms with Crippen LogP contribution in [0.25, 0.3) is 0 Å². The summed E-state index contributed by atoms with van der Waals surface area (Å²) < 4.78 is 9.99. The summed E-state index contributed by atoms with van der Waals surface area (Å²) in [6.07, 6.45) is 2.45. The van der Waals surface area contributed by atoms with Crippen LogP contribution in [0.3, 0.4) is 0 Å². The number of carbonyl (C=O) groups is 3. The fourth-order valence-corrected chi connectivity index (χ4v) is 3.53. The molecule has 0 radical (unpaired) electrons. The van der Waals surface area contributed by atoms with E-state index in [0.29, 0.717) is 31.6 Å². The lowest BCUT2D eigenvalue weighted by Crippen LogP contribution is -2.26. The van der Waals surface area contributed by atoms with Crippen molar-refractivity contribution in [3.63, 3.8) is 0 Å². The second-order valence-corrected chi connectivity index (χ2v) is 5.99. The van der Waals surface area contributed by atoms with Crippen LogP contribution in [0.15, 0.2) is 10.5 Å². The number of Topliss-reactive ketones (excluding diaryl/α,β-unsaturated/α-hetero) is 1. The molecule has 0 saturated carbocycles. The van der Waals surface area contributed by atoms with Gasteiger partial charge in [-0.3, -0.25) is 14.4 Å². The Labute approximate surface area is 135 Å². The maximum Gasteiger partial charge on any atom is 0.316 e. The van der Waals surface area contributed by atoms with Gasteiger partial charge in [-0.05, 0) is 38.0 Å². The molecule has 0 bridgehead atoms. The topological polar surface area (TPSA) is 69.7 Å². The molecule has 0 saturated heterocycles. The number of ketones is 1. The zero-order valence-corrected chi connectivity index (χ0v) is 14.3. The van der Waals surface area contributed by atoms with Gasteiger partial charge in [0.05, 0.1) is 24.9 Å². The Balaban J connectivity index is 2.95. The maximum atomic E-state index is 12.3. The van der Waals surface area contributed by atoms with E-state index >= 15 is 0 Å². The van der Waals surface area contributed by atoms with Crippen LogP contribution in [0.4, 0.5) is 0 Å². The quantitative estimate of drug-likeness (QED) is 0.638. The van der Waals surface area contributed by atoms with Gasteiger partial charge >= 0.3 is 11.9 Å². The standard InChI is InChI=1S/C16H24O5S/c1-4-11(16(19)21-6-3)15-12(17)8-7-9-13(15)22-10-14(18)20-5-2/h11H,4-10H2,1-3H3. The highest BCUT2D eigenvalue weighted by molar-refractivity contribution is 8.03. The first-order valence-corrected chi connectivity index (χ1v) is 8.74. The molecule has 0 amide bonds. The summed E-state index contributed by atoms with van der Waals surface area (Å²) in [6, 6.07) is 0. The third-order valence-corrected chi connectivity index (χ3v) is 4.56. The third-order valence-electron chi connectivity index (χ3n) is 3.41. The Morgan fingerprint density at radius 2 is 1.82 bits per heavy atom. The van der Waals surface area contributed by atoms with Crippen molar-refractivity contribution in [2.75, 3.05) is 19.0 Å². The summed E-state index contributed by atoms with van der Waals surface area (Å²) in [5.74, 6) is -1.03. The van der Waals surface area contributed by atoms with E-state index in [1.807, 2.05) is 6.92 Å². The number of allylic oxidation sites excluding steroid dienone is 1. The van der Waals surface area contributed by atoms with Crippen molar-refractivity contribution in [2.45, 2.75) is 46.5 Å². The summed E-state index contributed by atoms with van der Waals surface area (Å²) >= 11 is 1.31. The Bertz CT molecular complexity index is 455. The van der Waals surface area contributed by atoms with E-state index in [1.165, 1.54) is 11.8 Å². The van der Waals surface area contributed by atoms with Crippen LogP contribution < -0.4 is 0 Å². The van der Waals surface area contributed by atoms with E-state index in [2.05, 4.69) is 0 Å². The average molecular weight is 328 g/mol. The van der Waals surface area contributed by atoms with Crippen LogP contribution in [0.2, 0.25) is 0 Å². The van der Waals surface area contributed by atoms with Crippen molar-refractivity contribution in [3.05, 3.63) is 10.5 Å². The van der Waals surface area contributed by atoms with E-state index in [-0.39, 0.29) is 23.5 Å². The van der Waals surface area contributed by atoms with Gasteiger partial charge in [-0.15, -0.1) is 11.8 Å². The summed E-state index contributed by atoms with van der Waals surface area (Å²) in [5, 5.41) is 0. The molecule has 124 valence electrons. The monoisotopic (exact) mass is 328 g/mol. The van der Waals surface area contributed by atoms with Crippen molar-refractivity contribution in [3.8, 4) is 0 Å². The van der Waals surface area contributed by atoms with Gasteiger partial charge in [0.1, 0.15) is 0 Å².